The molecule has 0 saturated carbocycles. The van der Waals surface area contributed by atoms with Crippen LogP contribution in [0.15, 0.2) is 48.7 Å². The van der Waals surface area contributed by atoms with Crippen LogP contribution in [0.5, 0.6) is 0 Å². The topological polar surface area (TPSA) is 48.1 Å². The van der Waals surface area contributed by atoms with Gasteiger partial charge in [0.15, 0.2) is 0 Å². The van der Waals surface area contributed by atoms with Crippen LogP contribution >= 0.6 is 0 Å². The van der Waals surface area contributed by atoms with E-state index in [1.807, 2.05) is 6.07 Å². The minimum atomic E-state index is -0.299. The lowest BCUT2D eigenvalue weighted by Gasteiger charge is -2.31. The van der Waals surface area contributed by atoms with Gasteiger partial charge in [0.2, 0.25) is 5.91 Å². The number of nitrogens with zero attached hydrogens (tertiary/aromatic N) is 1. The van der Waals surface area contributed by atoms with Crippen LogP contribution in [0.2, 0.25) is 0 Å². The van der Waals surface area contributed by atoms with Crippen molar-refractivity contribution in [1.29, 1.82) is 0 Å². The number of carbonyl (C=O) groups is 1. The van der Waals surface area contributed by atoms with E-state index in [0.29, 0.717) is 23.7 Å². The van der Waals surface area contributed by atoms with E-state index in [9.17, 15) is 9.18 Å². The molecular weight excluding hydrogens is 341 g/mol. The van der Waals surface area contributed by atoms with Crippen LogP contribution in [0.4, 0.5) is 10.1 Å². The first kappa shape index (κ1) is 17.7. The Balaban J connectivity index is 1.32. The molecule has 1 aliphatic rings. The van der Waals surface area contributed by atoms with Gasteiger partial charge in [0.05, 0.1) is 6.54 Å². The zero-order valence-electron chi connectivity index (χ0n) is 15.5. The summed E-state index contributed by atoms with van der Waals surface area (Å²) in [7, 11) is 0. The Hall–Kier alpha value is -2.66. The van der Waals surface area contributed by atoms with E-state index in [0.717, 1.165) is 25.9 Å². The van der Waals surface area contributed by atoms with Gasteiger partial charge in [-0.3, -0.25) is 9.69 Å². The molecule has 3 aromatic rings. The molecule has 4 rings (SSSR count). The number of aromatic nitrogens is 1. The van der Waals surface area contributed by atoms with Gasteiger partial charge in [-0.05, 0) is 68.1 Å². The fourth-order valence-corrected chi connectivity index (χ4v) is 3.91. The standard InChI is InChI=1S/C22H24FN3O/c1-15-6-7-17(12-20(15)23)25-22(27)14-26-10-8-16(9-11-26)19-13-24-21-5-3-2-4-18(19)21/h2-7,12-13,16,24H,8-11,14H2,1H3,(H,25,27). The number of aryl methyl sites for hydroxylation is 1. The molecule has 2 N–H and O–H groups in total. The monoisotopic (exact) mass is 365 g/mol. The largest absolute Gasteiger partial charge is 0.361 e. The number of rotatable bonds is 4. The molecule has 5 heteroatoms. The average molecular weight is 365 g/mol. The molecule has 4 nitrogen and oxygen atoms in total. The molecule has 2 aromatic carbocycles. The number of piperidine rings is 1. The van der Waals surface area contributed by atoms with E-state index in [4.69, 9.17) is 0 Å². The van der Waals surface area contributed by atoms with Gasteiger partial charge in [0, 0.05) is 22.8 Å². The quantitative estimate of drug-likeness (QED) is 0.718. The molecular formula is C22H24FN3O. The second-order valence-corrected chi connectivity index (χ2v) is 7.35. The normalized spacial score (nSPS) is 15.9. The van der Waals surface area contributed by atoms with Crippen molar-refractivity contribution in [3.8, 4) is 0 Å². The Morgan fingerprint density at radius 1 is 1.22 bits per heavy atom. The molecule has 2 heterocycles. The zero-order chi connectivity index (χ0) is 18.8. The number of fused-ring (bicyclic) bond motifs is 1. The number of anilines is 1. The fourth-order valence-electron chi connectivity index (χ4n) is 3.91. The van der Waals surface area contributed by atoms with Crippen molar-refractivity contribution in [1.82, 2.24) is 9.88 Å². The summed E-state index contributed by atoms with van der Waals surface area (Å²) in [5.41, 5.74) is 3.65. The van der Waals surface area contributed by atoms with E-state index >= 15 is 0 Å². The predicted molar refractivity (Wildman–Crippen MR) is 106 cm³/mol. The van der Waals surface area contributed by atoms with Crippen LogP contribution < -0.4 is 5.32 Å². The highest BCUT2D eigenvalue weighted by Gasteiger charge is 2.23. The number of aromatic amines is 1. The number of para-hydroxylation sites is 1. The molecule has 1 aliphatic heterocycles. The van der Waals surface area contributed by atoms with Gasteiger partial charge in [-0.25, -0.2) is 4.39 Å². The Bertz CT molecular complexity index is 957. The van der Waals surface area contributed by atoms with Gasteiger partial charge in [0.25, 0.3) is 0 Å². The van der Waals surface area contributed by atoms with Gasteiger partial charge < -0.3 is 10.3 Å². The van der Waals surface area contributed by atoms with Crippen LogP contribution in [0.25, 0.3) is 10.9 Å². The second-order valence-electron chi connectivity index (χ2n) is 7.35. The number of likely N-dealkylation sites (tertiary alicyclic amines) is 1. The van der Waals surface area contributed by atoms with E-state index in [2.05, 4.69) is 39.6 Å². The first-order valence-corrected chi connectivity index (χ1v) is 9.44. The highest BCUT2D eigenvalue weighted by Crippen LogP contribution is 2.33. The highest BCUT2D eigenvalue weighted by atomic mass is 19.1. The number of halogens is 1. The fraction of sp³-hybridized carbons (Fsp3) is 0.318. The Morgan fingerprint density at radius 3 is 2.78 bits per heavy atom. The molecule has 0 aliphatic carbocycles. The molecule has 0 radical (unpaired) electrons. The van der Waals surface area contributed by atoms with Gasteiger partial charge in [-0.2, -0.15) is 0 Å². The SMILES string of the molecule is Cc1ccc(NC(=O)CN2CCC(c3c[nH]c4ccccc34)CC2)cc1F. The number of benzene rings is 2. The van der Waals surface area contributed by atoms with Crippen LogP contribution in [-0.4, -0.2) is 35.4 Å². The Labute approximate surface area is 158 Å². The summed E-state index contributed by atoms with van der Waals surface area (Å²) in [5, 5.41) is 4.10. The molecule has 1 aromatic heterocycles. The lowest BCUT2D eigenvalue weighted by molar-refractivity contribution is -0.117. The van der Waals surface area contributed by atoms with Crippen molar-refractivity contribution in [3.05, 3.63) is 65.6 Å². The first-order valence-electron chi connectivity index (χ1n) is 9.44. The van der Waals surface area contributed by atoms with E-state index in [1.165, 1.54) is 22.5 Å². The van der Waals surface area contributed by atoms with E-state index in [1.54, 1.807) is 19.1 Å². The first-order chi connectivity index (χ1) is 13.1. The highest BCUT2D eigenvalue weighted by molar-refractivity contribution is 5.92. The Morgan fingerprint density at radius 2 is 2.00 bits per heavy atom. The van der Waals surface area contributed by atoms with E-state index < -0.39 is 0 Å². The van der Waals surface area contributed by atoms with Crippen molar-refractivity contribution < 1.29 is 9.18 Å². The third kappa shape index (κ3) is 3.88. The molecule has 1 fully saturated rings. The zero-order valence-corrected chi connectivity index (χ0v) is 15.5. The summed E-state index contributed by atoms with van der Waals surface area (Å²) in [4.78, 5) is 17.8. The third-order valence-electron chi connectivity index (χ3n) is 5.47. The summed E-state index contributed by atoms with van der Waals surface area (Å²) in [6.07, 6.45) is 4.20. The smallest absolute Gasteiger partial charge is 0.238 e. The molecule has 0 spiro atoms. The summed E-state index contributed by atoms with van der Waals surface area (Å²) in [6.45, 7) is 3.83. The van der Waals surface area contributed by atoms with Gasteiger partial charge in [-0.1, -0.05) is 24.3 Å². The number of H-pyrrole nitrogens is 1. The molecule has 1 amide bonds. The number of amides is 1. The Kier molecular flexibility index (Phi) is 4.94. The minimum absolute atomic E-state index is 0.0937. The van der Waals surface area contributed by atoms with Crippen LogP contribution in [-0.2, 0) is 4.79 Å². The lowest BCUT2D eigenvalue weighted by Crippen LogP contribution is -2.38. The van der Waals surface area contributed by atoms with Crippen LogP contribution in [0.3, 0.4) is 0 Å². The van der Waals surface area contributed by atoms with Gasteiger partial charge in [0.1, 0.15) is 5.82 Å². The van der Waals surface area contributed by atoms with E-state index in [-0.39, 0.29) is 11.7 Å². The number of carbonyl (C=O) groups excluding carboxylic acids is 1. The maximum Gasteiger partial charge on any atom is 0.238 e. The van der Waals surface area contributed by atoms with Gasteiger partial charge >= 0.3 is 0 Å². The maximum absolute atomic E-state index is 13.6. The molecule has 0 atom stereocenters. The van der Waals surface area contributed by atoms with Crippen molar-refractivity contribution in [3.63, 3.8) is 0 Å². The van der Waals surface area contributed by atoms with Crippen molar-refractivity contribution in [2.75, 3.05) is 25.0 Å². The summed E-state index contributed by atoms with van der Waals surface area (Å²) in [6, 6.07) is 13.2. The molecule has 27 heavy (non-hydrogen) atoms. The second kappa shape index (κ2) is 7.53. The minimum Gasteiger partial charge on any atom is -0.361 e. The number of nitrogens with one attached hydrogen (secondary N) is 2. The maximum atomic E-state index is 13.6. The average Bonchev–Trinajstić information content (AvgIpc) is 3.09. The predicted octanol–water partition coefficient (Wildman–Crippen LogP) is 4.43. The molecule has 0 unspecified atom stereocenters. The molecule has 140 valence electrons. The van der Waals surface area contributed by atoms with Crippen molar-refractivity contribution >= 4 is 22.5 Å². The summed E-state index contributed by atoms with van der Waals surface area (Å²) in [5.74, 6) is 0.128. The molecule has 0 bridgehead atoms. The third-order valence-corrected chi connectivity index (χ3v) is 5.47. The summed E-state index contributed by atoms with van der Waals surface area (Å²) >= 11 is 0. The van der Waals surface area contributed by atoms with Gasteiger partial charge in [-0.15, -0.1) is 0 Å². The van der Waals surface area contributed by atoms with Crippen molar-refractivity contribution in [2.24, 2.45) is 0 Å². The lowest BCUT2D eigenvalue weighted by atomic mass is 9.89. The number of hydrogen-bond acceptors (Lipinski definition) is 2. The van der Waals surface area contributed by atoms with Crippen molar-refractivity contribution in [2.45, 2.75) is 25.7 Å². The molecule has 1 saturated heterocycles. The van der Waals surface area contributed by atoms with Crippen LogP contribution in [0.1, 0.15) is 29.9 Å². The summed E-state index contributed by atoms with van der Waals surface area (Å²) < 4.78 is 13.6. The number of hydrogen-bond donors (Lipinski definition) is 2. The van der Waals surface area contributed by atoms with Crippen LogP contribution in [0, 0.1) is 12.7 Å².